The van der Waals surface area contributed by atoms with Gasteiger partial charge in [0.15, 0.2) is 5.78 Å². The van der Waals surface area contributed by atoms with Crippen LogP contribution in [0.5, 0.6) is 0 Å². The van der Waals surface area contributed by atoms with E-state index in [1.807, 2.05) is 13.0 Å². The zero-order valence-corrected chi connectivity index (χ0v) is 17.2. The van der Waals surface area contributed by atoms with Crippen LogP contribution < -0.4 is 0 Å². The number of carbonyl (C=O) groups is 1. The molecule has 0 aliphatic heterocycles. The van der Waals surface area contributed by atoms with E-state index in [1.165, 1.54) is 19.3 Å². The van der Waals surface area contributed by atoms with Crippen LogP contribution in [0.2, 0.25) is 0 Å². The number of hydrogen-bond acceptors (Lipinski definition) is 4. The number of allylic oxidation sites excluding steroid dienone is 1. The van der Waals surface area contributed by atoms with Crippen molar-refractivity contribution in [2.45, 2.75) is 77.0 Å². The number of hydrogen-bond donors (Lipinski definition) is 0. The van der Waals surface area contributed by atoms with E-state index in [0.717, 1.165) is 31.2 Å². The summed E-state index contributed by atoms with van der Waals surface area (Å²) in [6, 6.07) is 3.61. The summed E-state index contributed by atoms with van der Waals surface area (Å²) in [7, 11) is -3.91. The fraction of sp³-hybridized carbons (Fsp3) is 0.571. The lowest BCUT2D eigenvalue weighted by molar-refractivity contribution is -0.121. The van der Waals surface area contributed by atoms with Crippen LogP contribution in [0.1, 0.15) is 68.1 Å². The third kappa shape index (κ3) is 7.83. The molecule has 146 valence electrons. The molecule has 0 bridgehead atoms. The summed E-state index contributed by atoms with van der Waals surface area (Å²) in [6.45, 7) is 8.73. The highest BCUT2D eigenvalue weighted by Crippen LogP contribution is 2.23. The zero-order valence-electron chi connectivity index (χ0n) is 16.3. The Kier molecular flexibility index (Phi) is 9.81. The Bertz CT molecular complexity index is 682. The second kappa shape index (κ2) is 11.3. The molecule has 0 aliphatic rings. The minimum Gasteiger partial charge on any atom is -0.297 e. The number of Topliss-reactive ketones (excluding diaryl/α,β-unsaturated/α-hetero) is 1. The van der Waals surface area contributed by atoms with Crippen LogP contribution in [0.3, 0.4) is 0 Å². The predicted molar refractivity (Wildman–Crippen MR) is 106 cm³/mol. The molecule has 0 amide bonds. The smallest absolute Gasteiger partial charge is 0.297 e. The van der Waals surface area contributed by atoms with Crippen molar-refractivity contribution in [2.24, 2.45) is 0 Å². The molecule has 5 heteroatoms. The van der Waals surface area contributed by atoms with E-state index < -0.39 is 10.1 Å². The Labute approximate surface area is 158 Å². The molecule has 26 heavy (non-hydrogen) atoms. The Morgan fingerprint density at radius 3 is 2.12 bits per heavy atom. The molecule has 0 aliphatic carbocycles. The lowest BCUT2D eigenvalue weighted by Crippen LogP contribution is -2.16. The van der Waals surface area contributed by atoms with Gasteiger partial charge in [0.2, 0.25) is 0 Å². The van der Waals surface area contributed by atoms with E-state index in [4.69, 9.17) is 4.18 Å². The summed E-state index contributed by atoms with van der Waals surface area (Å²) in [5.74, 6) is -0.164. The molecule has 0 N–H and O–H groups in total. The second-order valence-electron chi connectivity index (χ2n) is 6.93. The van der Waals surface area contributed by atoms with Crippen molar-refractivity contribution in [3.63, 3.8) is 0 Å². The van der Waals surface area contributed by atoms with Crippen molar-refractivity contribution < 1.29 is 17.4 Å². The lowest BCUT2D eigenvalue weighted by Gasteiger charge is -2.12. The van der Waals surface area contributed by atoms with Gasteiger partial charge in [0.1, 0.15) is 6.61 Å². The molecule has 0 heterocycles. The van der Waals surface area contributed by atoms with E-state index in [9.17, 15) is 13.2 Å². The van der Waals surface area contributed by atoms with Gasteiger partial charge in [-0.2, -0.15) is 8.42 Å². The first-order valence-corrected chi connectivity index (χ1v) is 10.8. The van der Waals surface area contributed by atoms with E-state index in [0.29, 0.717) is 17.5 Å². The average molecular weight is 381 g/mol. The SMILES string of the molecule is C=CCCCCCCCCC(=O)COS(=O)(=O)c1c(C)cc(C)cc1C. The molecule has 0 aromatic heterocycles. The van der Waals surface area contributed by atoms with Crippen LogP contribution in [-0.4, -0.2) is 20.8 Å². The maximum absolute atomic E-state index is 12.4. The average Bonchev–Trinajstić information content (AvgIpc) is 2.54. The van der Waals surface area contributed by atoms with Crippen LogP contribution in [0, 0.1) is 20.8 Å². The van der Waals surface area contributed by atoms with Crippen LogP contribution >= 0.6 is 0 Å². The summed E-state index contributed by atoms with van der Waals surface area (Å²) >= 11 is 0. The molecule has 0 saturated heterocycles. The van der Waals surface area contributed by atoms with Crippen molar-refractivity contribution in [1.29, 1.82) is 0 Å². The molecule has 1 aromatic carbocycles. The van der Waals surface area contributed by atoms with Gasteiger partial charge in [-0.15, -0.1) is 6.58 Å². The molecule has 1 rings (SSSR count). The molecule has 1 aromatic rings. The number of benzene rings is 1. The van der Waals surface area contributed by atoms with Gasteiger partial charge in [0.25, 0.3) is 10.1 Å². The van der Waals surface area contributed by atoms with Gasteiger partial charge < -0.3 is 0 Å². The third-order valence-corrected chi connectivity index (χ3v) is 5.92. The van der Waals surface area contributed by atoms with Crippen molar-refractivity contribution in [3.8, 4) is 0 Å². The monoisotopic (exact) mass is 380 g/mol. The molecule has 0 unspecified atom stereocenters. The van der Waals surface area contributed by atoms with Gasteiger partial charge in [-0.05, 0) is 51.2 Å². The third-order valence-electron chi connectivity index (χ3n) is 4.34. The minimum absolute atomic E-state index is 0.164. The number of unbranched alkanes of at least 4 members (excludes halogenated alkanes) is 6. The first-order chi connectivity index (χ1) is 12.3. The summed E-state index contributed by atoms with van der Waals surface area (Å²) in [5, 5.41) is 0. The number of ketones is 1. The Balaban J connectivity index is 2.37. The fourth-order valence-electron chi connectivity index (χ4n) is 3.15. The molecule has 0 spiro atoms. The number of carbonyl (C=O) groups excluding carboxylic acids is 1. The molecule has 4 nitrogen and oxygen atoms in total. The Morgan fingerprint density at radius 2 is 1.54 bits per heavy atom. The van der Waals surface area contributed by atoms with Gasteiger partial charge in [0, 0.05) is 6.42 Å². The summed E-state index contributed by atoms with van der Waals surface area (Å²) in [5.41, 5.74) is 2.29. The minimum atomic E-state index is -3.91. The van der Waals surface area contributed by atoms with Crippen LogP contribution in [0.4, 0.5) is 0 Å². The summed E-state index contributed by atoms with van der Waals surface area (Å²) in [6.07, 6.45) is 9.77. The molecular weight excluding hydrogens is 348 g/mol. The standard InChI is InChI=1S/C21H32O4S/c1-5-6-7-8-9-10-11-12-13-20(22)16-25-26(23,24)21-18(3)14-17(2)15-19(21)4/h5,14-15H,1,6-13,16H2,2-4H3. The Hall–Kier alpha value is -1.46. The van der Waals surface area contributed by atoms with Crippen LogP contribution in [0.25, 0.3) is 0 Å². The highest BCUT2D eigenvalue weighted by atomic mass is 32.2. The van der Waals surface area contributed by atoms with Crippen LogP contribution in [0.15, 0.2) is 29.7 Å². The fourth-order valence-corrected chi connectivity index (χ4v) is 4.46. The topological polar surface area (TPSA) is 60.4 Å². The normalized spacial score (nSPS) is 11.5. The molecular formula is C21H32O4S. The maximum Gasteiger partial charge on any atom is 0.297 e. The predicted octanol–water partition coefficient (Wildman–Crippen LogP) is 5.19. The quantitative estimate of drug-likeness (QED) is 0.268. The molecule has 0 saturated carbocycles. The molecule has 0 radical (unpaired) electrons. The maximum atomic E-state index is 12.4. The van der Waals surface area contributed by atoms with Crippen molar-refractivity contribution in [2.75, 3.05) is 6.61 Å². The largest absolute Gasteiger partial charge is 0.297 e. The van der Waals surface area contributed by atoms with E-state index in [1.54, 1.807) is 26.0 Å². The van der Waals surface area contributed by atoms with E-state index in [2.05, 4.69) is 6.58 Å². The molecule has 0 fully saturated rings. The van der Waals surface area contributed by atoms with Gasteiger partial charge in [-0.3, -0.25) is 8.98 Å². The van der Waals surface area contributed by atoms with Gasteiger partial charge in [-0.25, -0.2) is 0 Å². The van der Waals surface area contributed by atoms with Crippen molar-refractivity contribution in [1.82, 2.24) is 0 Å². The van der Waals surface area contributed by atoms with Gasteiger partial charge in [0.05, 0.1) is 4.90 Å². The number of aryl methyl sites for hydroxylation is 3. The summed E-state index contributed by atoms with van der Waals surface area (Å²) in [4.78, 5) is 12.1. The lowest BCUT2D eigenvalue weighted by atomic mass is 10.1. The van der Waals surface area contributed by atoms with Crippen molar-refractivity contribution >= 4 is 15.9 Å². The zero-order chi connectivity index (χ0) is 19.6. The van der Waals surface area contributed by atoms with Gasteiger partial charge >= 0.3 is 0 Å². The van der Waals surface area contributed by atoms with Crippen molar-refractivity contribution in [3.05, 3.63) is 41.5 Å². The first-order valence-electron chi connectivity index (χ1n) is 9.38. The van der Waals surface area contributed by atoms with Gasteiger partial charge in [-0.1, -0.05) is 49.5 Å². The highest BCUT2D eigenvalue weighted by Gasteiger charge is 2.22. The first kappa shape index (κ1) is 22.6. The van der Waals surface area contributed by atoms with Crippen LogP contribution in [-0.2, 0) is 19.1 Å². The highest BCUT2D eigenvalue weighted by molar-refractivity contribution is 7.86. The van der Waals surface area contributed by atoms with E-state index in [-0.39, 0.29) is 17.3 Å². The molecule has 0 atom stereocenters. The Morgan fingerprint density at radius 1 is 1.00 bits per heavy atom. The summed E-state index contributed by atoms with van der Waals surface area (Å²) < 4.78 is 29.8. The second-order valence-corrected chi connectivity index (χ2v) is 8.48. The van der Waals surface area contributed by atoms with E-state index >= 15 is 0 Å². The number of rotatable bonds is 13.